The van der Waals surface area contributed by atoms with Gasteiger partial charge in [-0.05, 0) is 30.5 Å². The van der Waals surface area contributed by atoms with E-state index in [9.17, 15) is 12.8 Å². The minimum atomic E-state index is -3.83. The molecule has 0 spiro atoms. The van der Waals surface area contributed by atoms with E-state index >= 15 is 0 Å². The topological polar surface area (TPSA) is 63.4 Å². The molecule has 0 atom stereocenters. The van der Waals surface area contributed by atoms with Crippen LogP contribution >= 0.6 is 0 Å². The number of hydrogen-bond acceptors (Lipinski definition) is 3. The van der Waals surface area contributed by atoms with Gasteiger partial charge in [-0.3, -0.25) is 0 Å². The molecule has 0 aliphatic heterocycles. The first kappa shape index (κ1) is 16.1. The predicted molar refractivity (Wildman–Crippen MR) is 73.8 cm³/mol. The van der Waals surface area contributed by atoms with Gasteiger partial charge in [0.1, 0.15) is 10.7 Å². The molecular weight excluding hydrogens is 267 g/mol. The quantitative estimate of drug-likeness (QED) is 0.897. The number of aryl methyl sites for hydroxylation is 1. The molecule has 6 heteroatoms. The maximum Gasteiger partial charge on any atom is 0.245 e. The summed E-state index contributed by atoms with van der Waals surface area (Å²) in [5.74, 6) is -0.695. The van der Waals surface area contributed by atoms with Gasteiger partial charge in [0.05, 0.1) is 0 Å². The summed E-state index contributed by atoms with van der Waals surface area (Å²) in [5.41, 5.74) is 5.55. The van der Waals surface area contributed by atoms with Gasteiger partial charge in [-0.25, -0.2) is 17.1 Å². The Hall–Kier alpha value is -0.980. The maximum absolute atomic E-state index is 13.9. The number of halogens is 1. The number of rotatable bonds is 5. The highest BCUT2D eigenvalue weighted by Crippen LogP contribution is 2.23. The molecule has 0 saturated heterocycles. The first-order chi connectivity index (χ1) is 8.62. The Balaban J connectivity index is 3.14. The average molecular weight is 288 g/mol. The first-order valence-electron chi connectivity index (χ1n) is 6.03. The van der Waals surface area contributed by atoms with Gasteiger partial charge in [-0.2, -0.15) is 0 Å². The molecule has 0 amide bonds. The van der Waals surface area contributed by atoms with E-state index in [0.29, 0.717) is 12.1 Å². The van der Waals surface area contributed by atoms with Gasteiger partial charge in [-0.15, -0.1) is 0 Å². The molecule has 0 saturated carbocycles. The Morgan fingerprint density at radius 1 is 1.37 bits per heavy atom. The van der Waals surface area contributed by atoms with Crippen molar-refractivity contribution in [3.63, 3.8) is 0 Å². The van der Waals surface area contributed by atoms with Gasteiger partial charge in [0.15, 0.2) is 0 Å². The molecule has 0 fully saturated rings. The summed E-state index contributed by atoms with van der Waals surface area (Å²) in [4.78, 5) is -0.289. The van der Waals surface area contributed by atoms with Crippen LogP contribution < -0.4 is 5.73 Å². The van der Waals surface area contributed by atoms with Crippen molar-refractivity contribution in [3.05, 3.63) is 29.6 Å². The van der Waals surface area contributed by atoms with Gasteiger partial charge in [-0.1, -0.05) is 26.0 Å². The summed E-state index contributed by atoms with van der Waals surface area (Å²) in [6, 6.07) is 4.36. The van der Waals surface area contributed by atoms with E-state index < -0.39 is 15.8 Å². The number of nitrogens with two attached hydrogens (primary N) is 1. The standard InChI is InChI=1S/C13H21FN2O2S/c1-10-6-5-7-11(12(10)14)19(17,18)16(4)9-13(2,3)8-15/h5-7H,8-9,15H2,1-4H3. The summed E-state index contributed by atoms with van der Waals surface area (Å²) < 4.78 is 39.8. The van der Waals surface area contributed by atoms with Gasteiger partial charge >= 0.3 is 0 Å². The van der Waals surface area contributed by atoms with Gasteiger partial charge in [0.25, 0.3) is 0 Å². The van der Waals surface area contributed by atoms with Crippen LogP contribution in [-0.4, -0.2) is 32.9 Å². The van der Waals surface area contributed by atoms with Gasteiger partial charge < -0.3 is 5.73 Å². The summed E-state index contributed by atoms with van der Waals surface area (Å²) >= 11 is 0. The summed E-state index contributed by atoms with van der Waals surface area (Å²) in [6.45, 7) is 5.86. The van der Waals surface area contributed by atoms with Crippen LogP contribution in [0.2, 0.25) is 0 Å². The molecule has 4 nitrogen and oxygen atoms in total. The highest BCUT2D eigenvalue weighted by Gasteiger charge is 2.29. The number of hydrogen-bond donors (Lipinski definition) is 1. The Kier molecular flexibility index (Phi) is 4.71. The van der Waals surface area contributed by atoms with E-state index in [0.717, 1.165) is 4.31 Å². The van der Waals surface area contributed by atoms with E-state index in [1.165, 1.54) is 32.2 Å². The van der Waals surface area contributed by atoms with Crippen molar-refractivity contribution < 1.29 is 12.8 Å². The normalized spacial score (nSPS) is 13.0. The lowest BCUT2D eigenvalue weighted by Crippen LogP contribution is -2.40. The summed E-state index contributed by atoms with van der Waals surface area (Å²) in [6.07, 6.45) is 0. The Bertz CT molecular complexity index is 556. The maximum atomic E-state index is 13.9. The third-order valence-corrected chi connectivity index (χ3v) is 4.87. The SMILES string of the molecule is Cc1cccc(S(=O)(=O)N(C)CC(C)(C)CN)c1F. The highest BCUT2D eigenvalue weighted by molar-refractivity contribution is 7.89. The molecule has 0 aromatic heterocycles. The molecule has 19 heavy (non-hydrogen) atoms. The van der Waals surface area contributed by atoms with E-state index in [1.807, 2.05) is 13.8 Å². The first-order valence-corrected chi connectivity index (χ1v) is 7.47. The van der Waals surface area contributed by atoms with Crippen molar-refractivity contribution in [2.75, 3.05) is 20.1 Å². The lowest BCUT2D eigenvalue weighted by atomic mass is 9.94. The van der Waals surface area contributed by atoms with Crippen LogP contribution in [0, 0.1) is 18.2 Å². The van der Waals surface area contributed by atoms with Crippen LogP contribution in [-0.2, 0) is 10.0 Å². The van der Waals surface area contributed by atoms with Crippen molar-refractivity contribution in [2.24, 2.45) is 11.1 Å². The zero-order chi connectivity index (χ0) is 14.8. The van der Waals surface area contributed by atoms with E-state index in [1.54, 1.807) is 0 Å². The monoisotopic (exact) mass is 288 g/mol. The fraction of sp³-hybridized carbons (Fsp3) is 0.538. The second-order valence-corrected chi connectivity index (χ2v) is 7.53. The zero-order valence-electron chi connectivity index (χ0n) is 11.8. The van der Waals surface area contributed by atoms with Crippen LogP contribution in [0.3, 0.4) is 0 Å². The Labute approximate surface area is 114 Å². The van der Waals surface area contributed by atoms with Crippen LogP contribution in [0.1, 0.15) is 19.4 Å². The number of sulfonamides is 1. The van der Waals surface area contributed by atoms with Crippen molar-refractivity contribution in [1.29, 1.82) is 0 Å². The van der Waals surface area contributed by atoms with Gasteiger partial charge in [0, 0.05) is 13.6 Å². The second kappa shape index (κ2) is 5.56. The van der Waals surface area contributed by atoms with Crippen LogP contribution in [0.25, 0.3) is 0 Å². The third kappa shape index (κ3) is 3.52. The zero-order valence-corrected chi connectivity index (χ0v) is 12.6. The largest absolute Gasteiger partial charge is 0.330 e. The number of benzene rings is 1. The van der Waals surface area contributed by atoms with Crippen LogP contribution in [0.5, 0.6) is 0 Å². The lowest BCUT2D eigenvalue weighted by molar-refractivity contribution is 0.291. The van der Waals surface area contributed by atoms with Gasteiger partial charge in [0.2, 0.25) is 10.0 Å². The molecule has 0 bridgehead atoms. The average Bonchev–Trinajstić information content (AvgIpc) is 2.31. The molecule has 1 rings (SSSR count). The lowest BCUT2D eigenvalue weighted by Gasteiger charge is -2.28. The fourth-order valence-corrected chi connectivity index (χ4v) is 3.23. The molecule has 1 aromatic rings. The molecule has 0 radical (unpaired) electrons. The third-order valence-electron chi connectivity index (χ3n) is 3.05. The number of nitrogens with zero attached hydrogens (tertiary/aromatic N) is 1. The van der Waals surface area contributed by atoms with E-state index in [2.05, 4.69) is 0 Å². The molecular formula is C13H21FN2O2S. The van der Waals surface area contributed by atoms with Crippen molar-refractivity contribution in [1.82, 2.24) is 4.31 Å². The van der Waals surface area contributed by atoms with Crippen molar-refractivity contribution >= 4 is 10.0 Å². The van der Waals surface area contributed by atoms with Crippen LogP contribution in [0.4, 0.5) is 4.39 Å². The molecule has 108 valence electrons. The van der Waals surface area contributed by atoms with Crippen LogP contribution in [0.15, 0.2) is 23.1 Å². The molecule has 0 aliphatic rings. The molecule has 0 unspecified atom stereocenters. The highest BCUT2D eigenvalue weighted by atomic mass is 32.2. The smallest absolute Gasteiger partial charge is 0.245 e. The predicted octanol–water partition coefficient (Wildman–Crippen LogP) is 1.74. The summed E-state index contributed by atoms with van der Waals surface area (Å²) in [7, 11) is -2.39. The van der Waals surface area contributed by atoms with Crippen molar-refractivity contribution in [3.8, 4) is 0 Å². The Morgan fingerprint density at radius 3 is 2.47 bits per heavy atom. The van der Waals surface area contributed by atoms with E-state index in [4.69, 9.17) is 5.73 Å². The summed E-state index contributed by atoms with van der Waals surface area (Å²) in [5, 5.41) is 0. The molecule has 0 heterocycles. The molecule has 1 aromatic carbocycles. The molecule has 0 aliphatic carbocycles. The minimum absolute atomic E-state index is 0.235. The Morgan fingerprint density at radius 2 is 1.95 bits per heavy atom. The minimum Gasteiger partial charge on any atom is -0.330 e. The van der Waals surface area contributed by atoms with Crippen molar-refractivity contribution in [2.45, 2.75) is 25.7 Å². The molecule has 2 N–H and O–H groups in total. The van der Waals surface area contributed by atoms with E-state index in [-0.39, 0.29) is 16.9 Å². The fourth-order valence-electron chi connectivity index (χ4n) is 1.74. The second-order valence-electron chi connectivity index (χ2n) is 5.52.